The fourth-order valence-electron chi connectivity index (χ4n) is 3.86. The number of nitrogens with zero attached hydrogens (tertiary/aromatic N) is 2. The zero-order valence-electron chi connectivity index (χ0n) is 16.1. The Morgan fingerprint density at radius 2 is 1.85 bits per heavy atom. The van der Waals surface area contributed by atoms with Crippen LogP contribution in [0.1, 0.15) is 49.2 Å². The Morgan fingerprint density at radius 1 is 1.11 bits per heavy atom. The van der Waals surface area contributed by atoms with E-state index in [9.17, 15) is 14.4 Å². The van der Waals surface area contributed by atoms with E-state index in [2.05, 4.69) is 5.32 Å². The van der Waals surface area contributed by atoms with Gasteiger partial charge < -0.3 is 15.1 Å². The largest absolute Gasteiger partial charge is 0.353 e. The number of hydrogen-bond donors (Lipinski definition) is 1. The molecule has 1 aromatic rings. The first-order valence-corrected chi connectivity index (χ1v) is 10.8. The minimum Gasteiger partial charge on any atom is -0.353 e. The summed E-state index contributed by atoms with van der Waals surface area (Å²) in [7, 11) is 0. The summed E-state index contributed by atoms with van der Waals surface area (Å²) in [6.45, 7) is 6.46. The zero-order chi connectivity index (χ0) is 19.4. The number of thiophene rings is 1. The van der Waals surface area contributed by atoms with Crippen molar-refractivity contribution in [2.45, 2.75) is 45.6 Å². The number of rotatable bonds is 4. The molecular weight excluding hydrogens is 362 g/mol. The standard InChI is InChI=1S/C20H29N3O3S/c1-14(2)19(25)22-10-7-16(8-11-22)21-18(24)15-5-3-9-23(13-15)20(26)17-6-4-12-27-17/h4,6,12,14-16H,3,5,7-11,13H2,1-2H3,(H,21,24). The molecule has 2 aliphatic rings. The highest BCUT2D eigenvalue weighted by Gasteiger charge is 2.31. The second kappa shape index (κ2) is 8.87. The summed E-state index contributed by atoms with van der Waals surface area (Å²) in [5.74, 6) is 0.147. The van der Waals surface area contributed by atoms with Gasteiger partial charge in [-0.1, -0.05) is 19.9 Å². The monoisotopic (exact) mass is 391 g/mol. The van der Waals surface area contributed by atoms with Crippen molar-refractivity contribution in [3.05, 3.63) is 22.4 Å². The maximum atomic E-state index is 12.7. The van der Waals surface area contributed by atoms with E-state index in [0.717, 1.165) is 37.1 Å². The summed E-state index contributed by atoms with van der Waals surface area (Å²) in [6.07, 6.45) is 3.28. The molecular formula is C20H29N3O3S. The van der Waals surface area contributed by atoms with E-state index >= 15 is 0 Å². The first-order chi connectivity index (χ1) is 13.0. The Balaban J connectivity index is 1.48. The van der Waals surface area contributed by atoms with Gasteiger partial charge in [-0.2, -0.15) is 0 Å². The second-order valence-electron chi connectivity index (χ2n) is 7.83. The normalized spacial score (nSPS) is 21.4. The SMILES string of the molecule is CC(C)C(=O)N1CCC(NC(=O)C2CCCN(C(=O)c3cccs3)C2)CC1. The lowest BCUT2D eigenvalue weighted by Crippen LogP contribution is -2.51. The summed E-state index contributed by atoms with van der Waals surface area (Å²) in [5, 5.41) is 5.06. The first kappa shape index (κ1) is 19.9. The van der Waals surface area contributed by atoms with Crippen molar-refractivity contribution in [2.75, 3.05) is 26.2 Å². The molecule has 2 fully saturated rings. The third-order valence-electron chi connectivity index (χ3n) is 5.46. The molecule has 1 unspecified atom stereocenters. The maximum Gasteiger partial charge on any atom is 0.263 e. The summed E-state index contributed by atoms with van der Waals surface area (Å²) in [5.41, 5.74) is 0. The zero-order valence-corrected chi connectivity index (χ0v) is 17.0. The van der Waals surface area contributed by atoms with Crippen LogP contribution in [0.3, 0.4) is 0 Å². The van der Waals surface area contributed by atoms with Crippen molar-refractivity contribution in [1.82, 2.24) is 15.1 Å². The van der Waals surface area contributed by atoms with Crippen LogP contribution < -0.4 is 5.32 Å². The van der Waals surface area contributed by atoms with Crippen LogP contribution in [-0.2, 0) is 9.59 Å². The molecule has 2 saturated heterocycles. The summed E-state index contributed by atoms with van der Waals surface area (Å²) in [4.78, 5) is 41.8. The molecule has 1 atom stereocenters. The van der Waals surface area contributed by atoms with Gasteiger partial charge in [0.1, 0.15) is 0 Å². The van der Waals surface area contributed by atoms with Crippen LogP contribution in [0.5, 0.6) is 0 Å². The molecule has 3 heterocycles. The van der Waals surface area contributed by atoms with Gasteiger partial charge in [-0.15, -0.1) is 11.3 Å². The second-order valence-corrected chi connectivity index (χ2v) is 8.78. The van der Waals surface area contributed by atoms with Crippen molar-refractivity contribution in [2.24, 2.45) is 11.8 Å². The molecule has 6 nitrogen and oxygen atoms in total. The van der Waals surface area contributed by atoms with Gasteiger partial charge in [0.25, 0.3) is 5.91 Å². The van der Waals surface area contributed by atoms with Crippen molar-refractivity contribution < 1.29 is 14.4 Å². The highest BCUT2D eigenvalue weighted by atomic mass is 32.1. The molecule has 7 heteroatoms. The summed E-state index contributed by atoms with van der Waals surface area (Å²) < 4.78 is 0. The minimum absolute atomic E-state index is 0.0187. The topological polar surface area (TPSA) is 69.7 Å². The Bertz CT molecular complexity index is 666. The molecule has 3 rings (SSSR count). The fourth-order valence-corrected chi connectivity index (χ4v) is 4.55. The molecule has 0 aromatic carbocycles. The van der Waals surface area contributed by atoms with Gasteiger partial charge in [-0.05, 0) is 37.1 Å². The van der Waals surface area contributed by atoms with E-state index in [4.69, 9.17) is 0 Å². The average molecular weight is 392 g/mol. The third-order valence-corrected chi connectivity index (χ3v) is 6.32. The highest BCUT2D eigenvalue weighted by molar-refractivity contribution is 7.12. The smallest absolute Gasteiger partial charge is 0.263 e. The molecule has 0 aliphatic carbocycles. The van der Waals surface area contributed by atoms with Crippen LogP contribution in [-0.4, -0.2) is 59.7 Å². The molecule has 0 radical (unpaired) electrons. The highest BCUT2D eigenvalue weighted by Crippen LogP contribution is 2.21. The molecule has 1 N–H and O–H groups in total. The average Bonchev–Trinajstić information content (AvgIpc) is 3.22. The predicted molar refractivity (Wildman–Crippen MR) is 106 cm³/mol. The number of piperidine rings is 2. The van der Waals surface area contributed by atoms with E-state index in [0.29, 0.717) is 19.6 Å². The maximum absolute atomic E-state index is 12.7. The Labute approximate surface area is 164 Å². The van der Waals surface area contributed by atoms with Gasteiger partial charge in [0.2, 0.25) is 11.8 Å². The number of likely N-dealkylation sites (tertiary alicyclic amines) is 2. The molecule has 2 aliphatic heterocycles. The number of nitrogens with one attached hydrogen (secondary N) is 1. The van der Waals surface area contributed by atoms with Crippen LogP contribution in [0.4, 0.5) is 0 Å². The van der Waals surface area contributed by atoms with Crippen LogP contribution in [0.15, 0.2) is 17.5 Å². The molecule has 27 heavy (non-hydrogen) atoms. The van der Waals surface area contributed by atoms with E-state index in [1.807, 2.05) is 41.2 Å². The van der Waals surface area contributed by atoms with Crippen molar-refractivity contribution in [1.29, 1.82) is 0 Å². The van der Waals surface area contributed by atoms with E-state index < -0.39 is 0 Å². The molecule has 148 valence electrons. The van der Waals surface area contributed by atoms with Gasteiger partial charge in [0.05, 0.1) is 10.8 Å². The van der Waals surface area contributed by atoms with Crippen LogP contribution >= 0.6 is 11.3 Å². The Kier molecular flexibility index (Phi) is 6.52. The van der Waals surface area contributed by atoms with Crippen LogP contribution in [0, 0.1) is 11.8 Å². The minimum atomic E-state index is -0.141. The van der Waals surface area contributed by atoms with E-state index in [-0.39, 0.29) is 35.6 Å². The number of hydrogen-bond acceptors (Lipinski definition) is 4. The summed E-state index contributed by atoms with van der Waals surface area (Å²) >= 11 is 1.44. The quantitative estimate of drug-likeness (QED) is 0.857. The van der Waals surface area contributed by atoms with Crippen molar-refractivity contribution in [3.8, 4) is 0 Å². The van der Waals surface area contributed by atoms with E-state index in [1.165, 1.54) is 11.3 Å². The number of amides is 3. The number of carbonyl (C=O) groups excluding carboxylic acids is 3. The number of carbonyl (C=O) groups is 3. The molecule has 0 saturated carbocycles. The third kappa shape index (κ3) is 4.89. The summed E-state index contributed by atoms with van der Waals surface area (Å²) in [6, 6.07) is 3.84. The van der Waals surface area contributed by atoms with Crippen LogP contribution in [0.25, 0.3) is 0 Å². The lowest BCUT2D eigenvalue weighted by atomic mass is 9.95. The van der Waals surface area contributed by atoms with E-state index in [1.54, 1.807) is 0 Å². The molecule has 3 amide bonds. The van der Waals surface area contributed by atoms with Crippen molar-refractivity contribution in [3.63, 3.8) is 0 Å². The van der Waals surface area contributed by atoms with Gasteiger partial charge in [-0.25, -0.2) is 0 Å². The Hall–Kier alpha value is -1.89. The molecule has 1 aromatic heterocycles. The molecule has 0 spiro atoms. The fraction of sp³-hybridized carbons (Fsp3) is 0.650. The lowest BCUT2D eigenvalue weighted by Gasteiger charge is -2.36. The van der Waals surface area contributed by atoms with Gasteiger partial charge in [-0.3, -0.25) is 14.4 Å². The lowest BCUT2D eigenvalue weighted by molar-refractivity contribution is -0.135. The van der Waals surface area contributed by atoms with Gasteiger partial charge in [0.15, 0.2) is 0 Å². The van der Waals surface area contributed by atoms with Crippen LogP contribution in [0.2, 0.25) is 0 Å². The van der Waals surface area contributed by atoms with Gasteiger partial charge in [0, 0.05) is 38.1 Å². The van der Waals surface area contributed by atoms with Gasteiger partial charge >= 0.3 is 0 Å². The van der Waals surface area contributed by atoms with Crippen molar-refractivity contribution >= 4 is 29.1 Å². The first-order valence-electron chi connectivity index (χ1n) is 9.87. The Morgan fingerprint density at radius 3 is 2.48 bits per heavy atom. The predicted octanol–water partition coefficient (Wildman–Crippen LogP) is 2.36. The molecule has 0 bridgehead atoms.